The predicted molar refractivity (Wildman–Crippen MR) is 19.2 cm³/mol. The van der Waals surface area contributed by atoms with Crippen LogP contribution in [0.2, 0.25) is 0 Å². The summed E-state index contributed by atoms with van der Waals surface area (Å²) in [6.07, 6.45) is 4.68. The van der Waals surface area contributed by atoms with E-state index in [0.717, 1.165) is 0 Å². The summed E-state index contributed by atoms with van der Waals surface area (Å²) in [5, 5.41) is 0. The van der Waals surface area contributed by atoms with Gasteiger partial charge in [-0.15, -0.1) is 0 Å². The van der Waals surface area contributed by atoms with E-state index in [-0.39, 0.29) is 0 Å². The fourth-order valence-electron chi connectivity index (χ4n) is 0. The molecule has 0 saturated carbocycles. The Hall–Kier alpha value is -1.26. The maximum atomic E-state index is 2.81. The number of allylic oxidation sites excluding steroid dienone is 2. The standard InChI is InChI=1S/C4H7.Rf/c1-3-4-2;/h3H,1-2H3;/q-1;. The summed E-state index contributed by atoms with van der Waals surface area (Å²) in [7, 11) is 0. The zero-order chi connectivity index (χ0) is 3.41. The van der Waals surface area contributed by atoms with Gasteiger partial charge in [0, 0.05) is 0 Å². The summed E-state index contributed by atoms with van der Waals surface area (Å²) in [6, 6.07) is 0. The molecule has 0 unspecified atom stereocenters. The van der Waals surface area contributed by atoms with Crippen LogP contribution < -0.4 is 0 Å². The smallest absolute Gasteiger partial charge is 0 e. The molecule has 26 valence electrons. The van der Waals surface area contributed by atoms with Gasteiger partial charge < -0.3 is 6.08 Å². The molecule has 0 spiro atoms. The van der Waals surface area contributed by atoms with Crippen LogP contribution in [-0.2, 0) is 0 Å². The van der Waals surface area contributed by atoms with Crippen molar-refractivity contribution in [3.05, 3.63) is 12.2 Å². The van der Waals surface area contributed by atoms with E-state index in [1.165, 1.54) is 0 Å². The van der Waals surface area contributed by atoms with Gasteiger partial charge in [0.2, 0.25) is 0 Å². The Morgan fingerprint density at radius 1 is 1.60 bits per heavy atom. The SMILES string of the molecule is C[C-]=CC.[Rf]. The van der Waals surface area contributed by atoms with Crippen LogP contribution in [0.3, 0.4) is 0 Å². The summed E-state index contributed by atoms with van der Waals surface area (Å²) in [4.78, 5) is 0. The Labute approximate surface area is 27.1 Å². The summed E-state index contributed by atoms with van der Waals surface area (Å²) >= 11 is 0. The first-order valence-corrected chi connectivity index (χ1v) is 1.37. The summed E-state index contributed by atoms with van der Waals surface area (Å²) < 4.78 is 0. The van der Waals surface area contributed by atoms with Gasteiger partial charge in [0.05, 0.1) is 0 Å². The second-order valence-electron chi connectivity index (χ2n) is 0.577. The topological polar surface area (TPSA) is 0 Å². The van der Waals surface area contributed by atoms with Crippen LogP contribution in [0.4, 0.5) is 0 Å². The minimum Gasteiger partial charge on any atom is -0.504 e. The van der Waals surface area contributed by atoms with Crippen molar-refractivity contribution in [1.82, 2.24) is 0 Å². The molecule has 0 heterocycles. The minimum absolute atomic E-state index is 0. The fraction of sp³-hybridized carbons (Fsp3) is 0.500. The predicted octanol–water partition coefficient (Wildman–Crippen LogP) is 1.39. The molecule has 0 bridgehead atoms. The van der Waals surface area contributed by atoms with Crippen molar-refractivity contribution in [2.75, 3.05) is 0 Å². The van der Waals surface area contributed by atoms with Crippen LogP contribution in [0.1, 0.15) is 13.8 Å². The molecule has 0 fully saturated rings. The average Bonchev–Trinajstić information content (AvgIpc) is 1.37. The third kappa shape index (κ3) is 22.2. The van der Waals surface area contributed by atoms with E-state index in [0.29, 0.717) is 0 Å². The number of hydrogen-bond acceptors (Lipinski definition) is 0. The van der Waals surface area contributed by atoms with Crippen molar-refractivity contribution in [1.29, 1.82) is 0 Å². The average molecular weight is 322 g/mol. The molecule has 1 heteroatoms. The zero-order valence-electron chi connectivity index (χ0n) is 3.78. The number of hydrogen-bond donors (Lipinski definition) is 0. The third-order valence-corrected chi connectivity index (χ3v) is 0.289. The van der Waals surface area contributed by atoms with Crippen LogP contribution in [0.15, 0.2) is 6.08 Å². The molecule has 0 aliphatic heterocycles. The monoisotopic (exact) mass is 322 g/mol. The van der Waals surface area contributed by atoms with Crippen molar-refractivity contribution in [2.45, 2.75) is 13.8 Å². The fourth-order valence-corrected chi connectivity index (χ4v) is 0. The molecule has 0 saturated heterocycles. The zero-order valence-corrected chi connectivity index (χ0v) is 10.2. The van der Waals surface area contributed by atoms with Crippen LogP contribution in [0.25, 0.3) is 0 Å². The molecule has 5 heavy (non-hydrogen) atoms. The van der Waals surface area contributed by atoms with Gasteiger partial charge in [-0.3, -0.25) is 6.08 Å². The van der Waals surface area contributed by atoms with Crippen molar-refractivity contribution >= 4 is 0 Å². The molecular weight excluding hydrogens is 315 g/mol. The molecular formula is C4H7Rf-. The third-order valence-electron chi connectivity index (χ3n) is 0.289. The molecule has 0 N–H and O–H groups in total. The maximum Gasteiger partial charge on any atom is 0 e. The summed E-state index contributed by atoms with van der Waals surface area (Å²) in [5.74, 6) is 0. The van der Waals surface area contributed by atoms with E-state index in [1.807, 2.05) is 19.9 Å². The van der Waals surface area contributed by atoms with E-state index in [9.17, 15) is 0 Å². The van der Waals surface area contributed by atoms with Gasteiger partial charge in [-0.2, -0.15) is 6.92 Å². The second kappa shape index (κ2) is 15.1. The molecule has 0 aliphatic rings. The van der Waals surface area contributed by atoms with Crippen molar-refractivity contribution in [3.63, 3.8) is 0 Å². The van der Waals surface area contributed by atoms with Gasteiger partial charge >= 0.3 is 0 Å². The first-order valence-electron chi connectivity index (χ1n) is 1.37. The Kier molecular flexibility index (Phi) is 28.1. The Morgan fingerprint density at radius 3 is 1.80 bits per heavy atom. The van der Waals surface area contributed by atoms with Gasteiger partial charge in [-0.25, -0.2) is 0 Å². The van der Waals surface area contributed by atoms with E-state index in [2.05, 4.69) is 6.08 Å². The molecule has 0 atom stereocenters. The molecule has 0 rings (SSSR count). The minimum atomic E-state index is 0. The first-order chi connectivity index (χ1) is 1.91. The van der Waals surface area contributed by atoms with Gasteiger partial charge in [0.15, 0.2) is 0 Å². The second-order valence-corrected chi connectivity index (χ2v) is 0.577. The summed E-state index contributed by atoms with van der Waals surface area (Å²) in [6.45, 7) is 3.82. The molecule has 0 aromatic carbocycles. The maximum absolute atomic E-state index is 2.81. The van der Waals surface area contributed by atoms with Gasteiger partial charge in [-0.1, -0.05) is 6.92 Å². The Morgan fingerprint density at radius 2 is 1.80 bits per heavy atom. The largest absolute Gasteiger partial charge is 0.504 e. The molecule has 0 aromatic rings. The van der Waals surface area contributed by atoms with Crippen molar-refractivity contribution < 1.29 is 0 Å². The normalized spacial score (nSPS) is 7.60. The molecule has 0 aliphatic carbocycles. The van der Waals surface area contributed by atoms with E-state index in [4.69, 9.17) is 0 Å². The summed E-state index contributed by atoms with van der Waals surface area (Å²) in [5.41, 5.74) is 0. The van der Waals surface area contributed by atoms with Crippen molar-refractivity contribution in [2.24, 2.45) is 0 Å². The van der Waals surface area contributed by atoms with Crippen LogP contribution >= 0.6 is 0 Å². The van der Waals surface area contributed by atoms with Crippen LogP contribution in [0, 0.1) is 6.08 Å². The van der Waals surface area contributed by atoms with E-state index in [1.54, 1.807) is 0 Å². The first kappa shape index (κ1) is 9.27. The Bertz CT molecular complexity index is 18.8. The van der Waals surface area contributed by atoms with Crippen LogP contribution in [-0.4, -0.2) is 0 Å². The quantitative estimate of drug-likeness (QED) is 0.591. The van der Waals surface area contributed by atoms with Gasteiger partial charge in [0.25, 0.3) is 0 Å². The molecule has 0 amide bonds. The Balaban J connectivity index is 0. The van der Waals surface area contributed by atoms with E-state index < -0.39 is 0 Å². The molecule has 0 radical (unpaired) electrons. The molecule has 0 aromatic heterocycles. The van der Waals surface area contributed by atoms with Crippen molar-refractivity contribution in [3.8, 4) is 0 Å². The van der Waals surface area contributed by atoms with Crippen LogP contribution in [0.5, 0.6) is 0 Å². The van der Waals surface area contributed by atoms with Gasteiger partial charge in [-0.05, 0) is 0 Å². The molecule has 0 nitrogen and oxygen atoms in total. The number of rotatable bonds is 0. The van der Waals surface area contributed by atoms with E-state index >= 15 is 0 Å². The van der Waals surface area contributed by atoms with Gasteiger partial charge in [0.1, 0.15) is 0 Å².